The van der Waals surface area contributed by atoms with Crippen molar-refractivity contribution in [3.63, 3.8) is 0 Å². The van der Waals surface area contributed by atoms with E-state index in [1.807, 2.05) is 6.92 Å². The summed E-state index contributed by atoms with van der Waals surface area (Å²) in [7, 11) is 1.61. The molecule has 9 nitrogen and oxygen atoms in total. The van der Waals surface area contributed by atoms with E-state index in [-0.39, 0.29) is 16.7 Å². The molecule has 0 saturated heterocycles. The van der Waals surface area contributed by atoms with Crippen LogP contribution in [0, 0.1) is 6.92 Å². The maximum atomic E-state index is 13.9. The molecule has 3 aromatic carbocycles. The topological polar surface area (TPSA) is 114 Å². The lowest BCUT2D eigenvalue weighted by Gasteiger charge is -2.20. The highest BCUT2D eigenvalue weighted by atomic mass is 19.4. The highest BCUT2D eigenvalue weighted by molar-refractivity contribution is 6.04. The fourth-order valence-corrected chi connectivity index (χ4v) is 4.10. The number of aromatic nitrogens is 2. The van der Waals surface area contributed by atoms with Gasteiger partial charge in [0.15, 0.2) is 0 Å². The van der Waals surface area contributed by atoms with E-state index >= 15 is 0 Å². The average molecular weight is 582 g/mol. The van der Waals surface area contributed by atoms with Crippen molar-refractivity contribution >= 4 is 40.0 Å². The standard InChI is InChI=1S/C30H30F3N5O4/c1-17-6-9-21(14-25(17)36-20-10-11-24-22(13-20)27(40)38(5)16-35-24)37-26(39)18-7-8-19(23(12-18)30(31,32)33)15-34-28(41)42-29(2,3)4/h6-14,16,36H,15H2,1-5H3,(H,34,41)(H,37,39). The number of alkyl halides is 3. The lowest BCUT2D eigenvalue weighted by Crippen LogP contribution is -2.32. The number of aryl methyl sites for hydroxylation is 2. The van der Waals surface area contributed by atoms with Gasteiger partial charge in [-0.15, -0.1) is 0 Å². The molecule has 0 aliphatic heterocycles. The van der Waals surface area contributed by atoms with Crippen LogP contribution in [0.15, 0.2) is 65.7 Å². The Morgan fingerprint density at radius 2 is 1.69 bits per heavy atom. The second-order valence-electron chi connectivity index (χ2n) is 10.7. The molecule has 0 saturated carbocycles. The molecular weight excluding hydrogens is 551 g/mol. The number of halogens is 3. The Balaban J connectivity index is 1.53. The van der Waals surface area contributed by atoms with Crippen LogP contribution in [0.5, 0.6) is 0 Å². The second-order valence-corrected chi connectivity index (χ2v) is 10.7. The summed E-state index contributed by atoms with van der Waals surface area (Å²) in [5.74, 6) is -0.748. The molecule has 0 radical (unpaired) electrons. The molecule has 1 heterocycles. The summed E-state index contributed by atoms with van der Waals surface area (Å²) in [6.07, 6.45) is -4.18. The summed E-state index contributed by atoms with van der Waals surface area (Å²) in [5, 5.41) is 8.59. The maximum absolute atomic E-state index is 13.9. The van der Waals surface area contributed by atoms with Gasteiger partial charge in [0, 0.05) is 36.2 Å². The predicted octanol–water partition coefficient (Wildman–Crippen LogP) is 6.28. The molecule has 12 heteroatoms. The average Bonchev–Trinajstić information content (AvgIpc) is 2.90. The summed E-state index contributed by atoms with van der Waals surface area (Å²) in [6, 6.07) is 13.3. The van der Waals surface area contributed by atoms with E-state index in [0.29, 0.717) is 28.0 Å². The number of nitrogens with one attached hydrogen (secondary N) is 3. The molecule has 0 fully saturated rings. The number of rotatable bonds is 6. The molecule has 0 bridgehead atoms. The molecular formula is C30H30F3N5O4. The van der Waals surface area contributed by atoms with E-state index in [1.165, 1.54) is 17.0 Å². The Bertz CT molecular complexity index is 1730. The second kappa shape index (κ2) is 11.6. The molecule has 2 amide bonds. The number of hydrogen-bond acceptors (Lipinski definition) is 6. The molecule has 42 heavy (non-hydrogen) atoms. The fourth-order valence-electron chi connectivity index (χ4n) is 4.10. The van der Waals surface area contributed by atoms with Gasteiger partial charge in [0.2, 0.25) is 0 Å². The summed E-state index contributed by atoms with van der Waals surface area (Å²) in [6.45, 7) is 6.32. The predicted molar refractivity (Wildman–Crippen MR) is 154 cm³/mol. The first-order valence-corrected chi connectivity index (χ1v) is 12.9. The molecule has 0 spiro atoms. The number of nitrogens with zero attached hydrogens (tertiary/aromatic N) is 2. The number of benzene rings is 3. The van der Waals surface area contributed by atoms with Crippen LogP contribution in [0.2, 0.25) is 0 Å². The van der Waals surface area contributed by atoms with E-state index < -0.39 is 35.9 Å². The number of hydrogen-bond donors (Lipinski definition) is 3. The molecule has 0 aliphatic rings. The zero-order chi connectivity index (χ0) is 30.8. The van der Waals surface area contributed by atoms with Crippen molar-refractivity contribution < 1.29 is 27.5 Å². The normalized spacial score (nSPS) is 11.7. The Kier molecular flexibility index (Phi) is 8.28. The van der Waals surface area contributed by atoms with E-state index in [2.05, 4.69) is 20.9 Å². The number of carbonyl (C=O) groups is 2. The van der Waals surface area contributed by atoms with Crippen LogP contribution < -0.4 is 21.5 Å². The quantitative estimate of drug-likeness (QED) is 0.247. The number of amides is 2. The molecule has 0 atom stereocenters. The van der Waals surface area contributed by atoms with E-state index in [9.17, 15) is 27.6 Å². The van der Waals surface area contributed by atoms with Gasteiger partial charge in [-0.25, -0.2) is 9.78 Å². The van der Waals surface area contributed by atoms with Crippen LogP contribution in [-0.2, 0) is 24.5 Å². The third-order valence-corrected chi connectivity index (χ3v) is 6.19. The van der Waals surface area contributed by atoms with Gasteiger partial charge in [-0.1, -0.05) is 12.1 Å². The van der Waals surface area contributed by atoms with Gasteiger partial charge >= 0.3 is 12.3 Å². The van der Waals surface area contributed by atoms with Crippen molar-refractivity contribution in [1.82, 2.24) is 14.9 Å². The van der Waals surface area contributed by atoms with Gasteiger partial charge in [0.25, 0.3) is 11.5 Å². The van der Waals surface area contributed by atoms with Crippen molar-refractivity contribution in [2.45, 2.75) is 46.0 Å². The van der Waals surface area contributed by atoms with Crippen molar-refractivity contribution in [3.05, 3.63) is 93.5 Å². The molecule has 220 valence electrons. The molecule has 1 aromatic heterocycles. The monoisotopic (exact) mass is 581 g/mol. The van der Waals surface area contributed by atoms with Crippen LogP contribution in [-0.4, -0.2) is 27.2 Å². The number of alkyl carbamates (subject to hydrolysis) is 1. The summed E-state index contributed by atoms with van der Waals surface area (Å²) in [4.78, 5) is 41.6. The van der Waals surface area contributed by atoms with Crippen LogP contribution in [0.4, 0.5) is 35.0 Å². The number of ether oxygens (including phenoxy) is 1. The minimum absolute atomic E-state index is 0.203. The zero-order valence-corrected chi connectivity index (χ0v) is 23.6. The Morgan fingerprint density at radius 1 is 0.976 bits per heavy atom. The lowest BCUT2D eigenvalue weighted by molar-refractivity contribution is -0.138. The smallest absolute Gasteiger partial charge is 0.416 e. The molecule has 3 N–H and O–H groups in total. The van der Waals surface area contributed by atoms with E-state index in [0.717, 1.165) is 17.7 Å². The summed E-state index contributed by atoms with van der Waals surface area (Å²) < 4.78 is 48.0. The van der Waals surface area contributed by atoms with E-state index in [1.54, 1.807) is 64.2 Å². The van der Waals surface area contributed by atoms with Crippen molar-refractivity contribution in [2.75, 3.05) is 10.6 Å². The lowest BCUT2D eigenvalue weighted by atomic mass is 10.0. The van der Waals surface area contributed by atoms with Crippen LogP contribution >= 0.6 is 0 Å². The number of carbonyl (C=O) groups excluding carboxylic acids is 2. The number of fused-ring (bicyclic) bond motifs is 1. The molecule has 4 aromatic rings. The molecule has 4 rings (SSSR count). The first-order valence-electron chi connectivity index (χ1n) is 12.9. The minimum Gasteiger partial charge on any atom is -0.444 e. The van der Waals surface area contributed by atoms with Gasteiger partial charge in [-0.2, -0.15) is 13.2 Å². The van der Waals surface area contributed by atoms with E-state index in [4.69, 9.17) is 4.74 Å². The number of anilines is 3. The Hall–Kier alpha value is -4.87. The van der Waals surface area contributed by atoms with Gasteiger partial charge < -0.3 is 25.3 Å². The van der Waals surface area contributed by atoms with Crippen LogP contribution in [0.25, 0.3) is 10.9 Å². The third kappa shape index (κ3) is 7.25. The molecule has 0 unspecified atom stereocenters. The molecule has 0 aliphatic carbocycles. The highest BCUT2D eigenvalue weighted by Gasteiger charge is 2.34. The van der Waals surface area contributed by atoms with Crippen LogP contribution in [0.1, 0.15) is 47.8 Å². The Labute approximate surface area is 239 Å². The van der Waals surface area contributed by atoms with Crippen LogP contribution in [0.3, 0.4) is 0 Å². The highest BCUT2D eigenvalue weighted by Crippen LogP contribution is 2.33. The zero-order valence-electron chi connectivity index (χ0n) is 23.6. The fraction of sp³-hybridized carbons (Fsp3) is 0.267. The SMILES string of the molecule is Cc1ccc(NC(=O)c2ccc(CNC(=O)OC(C)(C)C)c(C(F)(F)F)c2)cc1Nc1ccc2ncn(C)c(=O)c2c1. The van der Waals surface area contributed by atoms with Gasteiger partial charge in [0.1, 0.15) is 5.60 Å². The van der Waals surface area contributed by atoms with Crippen molar-refractivity contribution in [2.24, 2.45) is 7.05 Å². The van der Waals surface area contributed by atoms with Gasteiger partial charge in [-0.05, 0) is 81.3 Å². The van der Waals surface area contributed by atoms with Crippen molar-refractivity contribution in [1.29, 1.82) is 0 Å². The van der Waals surface area contributed by atoms with Gasteiger partial charge in [0.05, 0.1) is 22.8 Å². The largest absolute Gasteiger partial charge is 0.444 e. The Morgan fingerprint density at radius 3 is 2.38 bits per heavy atom. The van der Waals surface area contributed by atoms with Crippen molar-refractivity contribution in [3.8, 4) is 0 Å². The first-order chi connectivity index (χ1) is 19.6. The summed E-state index contributed by atoms with van der Waals surface area (Å²) >= 11 is 0. The minimum atomic E-state index is -4.77. The first kappa shape index (κ1) is 30.1. The summed E-state index contributed by atoms with van der Waals surface area (Å²) in [5.41, 5.74) is 0.465. The maximum Gasteiger partial charge on any atom is 0.416 e. The van der Waals surface area contributed by atoms with Gasteiger partial charge in [-0.3, -0.25) is 9.59 Å². The third-order valence-electron chi connectivity index (χ3n) is 6.19.